The van der Waals surface area contributed by atoms with Gasteiger partial charge in [0, 0.05) is 11.0 Å². The van der Waals surface area contributed by atoms with Crippen molar-refractivity contribution in [3.63, 3.8) is 0 Å². The fourth-order valence-electron chi connectivity index (χ4n) is 2.26. The Bertz CT molecular complexity index is 707. The summed E-state index contributed by atoms with van der Waals surface area (Å²) in [6.07, 6.45) is 2.04. The maximum absolute atomic E-state index is 13.7. The van der Waals surface area contributed by atoms with Gasteiger partial charge in [0.15, 0.2) is 5.11 Å². The molecular formula is C19H22BrFN2OS. The number of rotatable bonds is 7. The molecule has 0 fully saturated rings. The first kappa shape index (κ1) is 19.7. The lowest BCUT2D eigenvalue weighted by Gasteiger charge is -2.12. The van der Waals surface area contributed by atoms with Crippen molar-refractivity contribution in [2.45, 2.75) is 32.8 Å². The summed E-state index contributed by atoms with van der Waals surface area (Å²) in [4.78, 5) is 0. The quantitative estimate of drug-likeness (QED) is 0.466. The van der Waals surface area contributed by atoms with Crippen molar-refractivity contribution >= 4 is 38.9 Å². The Morgan fingerprint density at radius 2 is 1.92 bits per heavy atom. The minimum Gasteiger partial charge on any atom is -0.491 e. The lowest BCUT2D eigenvalue weighted by Crippen LogP contribution is -2.29. The Morgan fingerprint density at radius 3 is 2.56 bits per heavy atom. The minimum atomic E-state index is -0.345. The van der Waals surface area contributed by atoms with Gasteiger partial charge in [-0.2, -0.15) is 0 Å². The molecule has 0 saturated carbocycles. The lowest BCUT2D eigenvalue weighted by atomic mass is 10.1. The molecule has 0 saturated heterocycles. The Hall–Kier alpha value is -1.66. The standard InChI is InChI=1S/C19H22BrFN2OS/c1-13(2)24-16-8-5-14(6-9-16)4-3-11-22-19(25)23-18-10-7-15(20)12-17(18)21/h5-10,12-13H,3-4,11H2,1-2H3,(H2,22,23,25). The van der Waals surface area contributed by atoms with Crippen LogP contribution in [0.4, 0.5) is 10.1 Å². The minimum absolute atomic E-state index is 0.180. The second-order valence-corrected chi connectivity index (χ2v) is 7.24. The Kier molecular flexibility index (Phi) is 7.65. The Labute approximate surface area is 162 Å². The van der Waals surface area contributed by atoms with Gasteiger partial charge in [-0.05, 0) is 74.8 Å². The molecule has 2 aromatic carbocycles. The summed E-state index contributed by atoms with van der Waals surface area (Å²) in [5.74, 6) is 0.543. The normalized spacial score (nSPS) is 10.6. The Morgan fingerprint density at radius 1 is 1.20 bits per heavy atom. The van der Waals surface area contributed by atoms with E-state index >= 15 is 0 Å². The lowest BCUT2D eigenvalue weighted by molar-refractivity contribution is 0.242. The largest absolute Gasteiger partial charge is 0.491 e. The first-order valence-corrected chi connectivity index (χ1v) is 9.39. The average molecular weight is 425 g/mol. The predicted octanol–water partition coefficient (Wildman–Crippen LogP) is 5.29. The van der Waals surface area contributed by atoms with Gasteiger partial charge in [0.2, 0.25) is 0 Å². The summed E-state index contributed by atoms with van der Waals surface area (Å²) in [6.45, 7) is 4.74. The molecule has 134 valence electrons. The topological polar surface area (TPSA) is 33.3 Å². The molecule has 0 heterocycles. The van der Waals surface area contributed by atoms with E-state index in [4.69, 9.17) is 17.0 Å². The summed E-state index contributed by atoms with van der Waals surface area (Å²) in [7, 11) is 0. The van der Waals surface area contributed by atoms with Crippen LogP contribution in [0.2, 0.25) is 0 Å². The van der Waals surface area contributed by atoms with Crippen molar-refractivity contribution in [1.29, 1.82) is 0 Å². The van der Waals surface area contributed by atoms with Crippen molar-refractivity contribution in [2.24, 2.45) is 0 Å². The summed E-state index contributed by atoms with van der Waals surface area (Å²) >= 11 is 8.43. The first-order chi connectivity index (χ1) is 11.9. The van der Waals surface area contributed by atoms with Crippen molar-refractivity contribution in [2.75, 3.05) is 11.9 Å². The highest BCUT2D eigenvalue weighted by Crippen LogP contribution is 2.19. The average Bonchev–Trinajstić information content (AvgIpc) is 2.55. The van der Waals surface area contributed by atoms with Crippen molar-refractivity contribution < 1.29 is 9.13 Å². The summed E-state index contributed by atoms with van der Waals surface area (Å²) in [5, 5.41) is 6.39. The summed E-state index contributed by atoms with van der Waals surface area (Å²) < 4.78 is 20.1. The van der Waals surface area contributed by atoms with E-state index in [9.17, 15) is 4.39 Å². The van der Waals surface area contributed by atoms with Gasteiger partial charge in [0.05, 0.1) is 11.8 Å². The van der Waals surface area contributed by atoms with Crippen LogP contribution < -0.4 is 15.4 Å². The highest BCUT2D eigenvalue weighted by molar-refractivity contribution is 9.10. The summed E-state index contributed by atoms with van der Waals surface area (Å²) in [6, 6.07) is 12.9. The second kappa shape index (κ2) is 9.73. The monoisotopic (exact) mass is 424 g/mol. The molecule has 25 heavy (non-hydrogen) atoms. The highest BCUT2D eigenvalue weighted by atomic mass is 79.9. The number of anilines is 1. The van der Waals surface area contributed by atoms with Gasteiger partial charge < -0.3 is 15.4 Å². The molecule has 2 aromatic rings. The molecule has 2 rings (SSSR count). The van der Waals surface area contributed by atoms with E-state index in [0.717, 1.165) is 18.6 Å². The number of aryl methyl sites for hydroxylation is 1. The maximum atomic E-state index is 13.7. The van der Waals surface area contributed by atoms with Gasteiger partial charge in [-0.15, -0.1) is 0 Å². The number of hydrogen-bond donors (Lipinski definition) is 2. The fourth-order valence-corrected chi connectivity index (χ4v) is 2.80. The van der Waals surface area contributed by atoms with E-state index in [1.54, 1.807) is 12.1 Å². The van der Waals surface area contributed by atoms with Crippen LogP contribution in [0.15, 0.2) is 46.9 Å². The summed E-state index contributed by atoms with van der Waals surface area (Å²) in [5.41, 5.74) is 1.61. The molecule has 0 radical (unpaired) electrons. The SMILES string of the molecule is CC(C)Oc1ccc(CCCNC(=S)Nc2ccc(Br)cc2F)cc1. The molecule has 0 aliphatic rings. The van der Waals surface area contributed by atoms with Gasteiger partial charge >= 0.3 is 0 Å². The van der Waals surface area contributed by atoms with E-state index in [-0.39, 0.29) is 11.9 Å². The third-order valence-electron chi connectivity index (χ3n) is 3.40. The molecule has 3 nitrogen and oxygen atoms in total. The molecule has 0 spiro atoms. The van der Waals surface area contributed by atoms with E-state index < -0.39 is 0 Å². The zero-order valence-electron chi connectivity index (χ0n) is 14.3. The van der Waals surface area contributed by atoms with E-state index in [0.29, 0.717) is 21.8 Å². The van der Waals surface area contributed by atoms with Crippen LogP contribution in [0.1, 0.15) is 25.8 Å². The molecule has 0 bridgehead atoms. The third kappa shape index (κ3) is 7.00. The number of ether oxygens (including phenoxy) is 1. The van der Waals surface area contributed by atoms with Crippen LogP contribution in [-0.4, -0.2) is 17.8 Å². The first-order valence-electron chi connectivity index (χ1n) is 8.19. The van der Waals surface area contributed by atoms with Gasteiger partial charge in [0.25, 0.3) is 0 Å². The van der Waals surface area contributed by atoms with Crippen LogP contribution in [0, 0.1) is 5.82 Å². The zero-order valence-corrected chi connectivity index (χ0v) is 16.7. The molecule has 0 amide bonds. The maximum Gasteiger partial charge on any atom is 0.170 e. The molecular weight excluding hydrogens is 403 g/mol. The highest BCUT2D eigenvalue weighted by Gasteiger charge is 2.04. The molecule has 0 atom stereocenters. The predicted molar refractivity (Wildman–Crippen MR) is 109 cm³/mol. The molecule has 0 unspecified atom stereocenters. The van der Waals surface area contributed by atoms with Crippen molar-refractivity contribution in [3.8, 4) is 5.75 Å². The van der Waals surface area contributed by atoms with Crippen LogP contribution in [0.25, 0.3) is 0 Å². The number of hydrogen-bond acceptors (Lipinski definition) is 2. The molecule has 0 aliphatic carbocycles. The van der Waals surface area contributed by atoms with E-state index in [1.165, 1.54) is 11.6 Å². The zero-order chi connectivity index (χ0) is 18.2. The molecule has 0 aliphatic heterocycles. The van der Waals surface area contributed by atoms with Crippen molar-refractivity contribution in [1.82, 2.24) is 5.32 Å². The fraction of sp³-hybridized carbons (Fsp3) is 0.316. The number of benzene rings is 2. The van der Waals surface area contributed by atoms with Crippen LogP contribution in [0.3, 0.4) is 0 Å². The Balaban J connectivity index is 1.70. The number of thiocarbonyl (C=S) groups is 1. The molecule has 2 N–H and O–H groups in total. The van der Waals surface area contributed by atoms with Gasteiger partial charge in [-0.1, -0.05) is 28.1 Å². The van der Waals surface area contributed by atoms with E-state index in [1.807, 2.05) is 26.0 Å². The molecule has 0 aromatic heterocycles. The molecule has 6 heteroatoms. The smallest absolute Gasteiger partial charge is 0.170 e. The van der Waals surface area contributed by atoms with Crippen LogP contribution in [-0.2, 0) is 6.42 Å². The second-order valence-electron chi connectivity index (χ2n) is 5.92. The number of nitrogens with one attached hydrogen (secondary N) is 2. The van der Waals surface area contributed by atoms with Gasteiger partial charge in [-0.3, -0.25) is 0 Å². The van der Waals surface area contributed by atoms with Gasteiger partial charge in [-0.25, -0.2) is 4.39 Å². The van der Waals surface area contributed by atoms with Crippen molar-refractivity contribution in [3.05, 3.63) is 58.3 Å². The van der Waals surface area contributed by atoms with Crippen LogP contribution in [0.5, 0.6) is 5.75 Å². The van der Waals surface area contributed by atoms with E-state index in [2.05, 4.69) is 38.7 Å². The number of halogens is 2. The van der Waals surface area contributed by atoms with Gasteiger partial charge in [0.1, 0.15) is 11.6 Å². The third-order valence-corrected chi connectivity index (χ3v) is 4.14. The van der Waals surface area contributed by atoms with Crippen LogP contribution >= 0.6 is 28.1 Å².